The second-order valence-electron chi connectivity index (χ2n) is 12.9. The number of rotatable bonds is 9. The van der Waals surface area contributed by atoms with E-state index in [2.05, 4.69) is 247 Å². The first-order valence-electron chi connectivity index (χ1n) is 18.7. The Morgan fingerprint density at radius 3 is 0.561 bits per heavy atom. The summed E-state index contributed by atoms with van der Waals surface area (Å²) in [6, 6.07) is 87.7. The first-order chi connectivity index (χ1) is 28.0. The summed E-state index contributed by atoms with van der Waals surface area (Å²) in [5.74, 6) is -0.838. The van der Waals surface area contributed by atoms with E-state index in [1.54, 1.807) is 0 Å². The SMILES string of the molecule is CC(=O)OB([O-])[O-].c1ccc([P+](c2ccccc2)(c2ccccc2)c2ccccc2)cc1.c1ccc([P+](c2ccccc2)(c2ccccc2)c2ccccc2)cc1. The lowest BCUT2D eigenvalue weighted by Crippen LogP contribution is -2.48. The largest absolute Gasteiger partial charge is 0.860 e. The maximum absolute atomic E-state index is 9.63. The Hall–Kier alpha value is -5.93. The molecule has 0 spiro atoms. The molecule has 0 aliphatic carbocycles. The van der Waals surface area contributed by atoms with Crippen molar-refractivity contribution in [3.63, 3.8) is 0 Å². The molecule has 0 saturated carbocycles. The van der Waals surface area contributed by atoms with E-state index >= 15 is 0 Å². The van der Waals surface area contributed by atoms with E-state index in [-0.39, 0.29) is 0 Å². The minimum Gasteiger partial charge on any atom is -0.860 e. The van der Waals surface area contributed by atoms with Crippen molar-refractivity contribution in [3.05, 3.63) is 243 Å². The molecule has 0 aliphatic heterocycles. The van der Waals surface area contributed by atoms with Gasteiger partial charge in [0.2, 0.25) is 0 Å². The van der Waals surface area contributed by atoms with Crippen LogP contribution in [0.4, 0.5) is 0 Å². The average molecular weight is 781 g/mol. The standard InChI is InChI=1S/2C24H20P.C2H3BO4/c2*1-5-13-21(14-6-1)25(22-15-7-2-8-16-22,23-17-9-3-10-18-23)24-19-11-4-12-20-24;1-2(4)7-3(5)6/h2*1-20H;1H3/q2*+1;-2. The molecule has 0 bridgehead atoms. The van der Waals surface area contributed by atoms with Gasteiger partial charge in [-0.05, 0) is 97.1 Å². The molecule has 0 saturated heterocycles. The van der Waals surface area contributed by atoms with E-state index in [1.807, 2.05) is 0 Å². The quantitative estimate of drug-likeness (QED) is 0.136. The highest BCUT2D eigenvalue weighted by molar-refractivity contribution is 8.02. The number of carbonyl (C=O) groups is 1. The van der Waals surface area contributed by atoms with Gasteiger partial charge in [0.05, 0.1) is 0 Å². The fourth-order valence-electron chi connectivity index (χ4n) is 7.14. The molecule has 0 N–H and O–H groups in total. The van der Waals surface area contributed by atoms with E-state index < -0.39 is 27.8 Å². The summed E-state index contributed by atoms with van der Waals surface area (Å²) in [6.45, 7) is 1.00. The van der Waals surface area contributed by atoms with Crippen LogP contribution in [0.15, 0.2) is 243 Å². The lowest BCUT2D eigenvalue weighted by molar-refractivity contribution is -0.376. The smallest absolute Gasteiger partial charge is 0.281 e. The van der Waals surface area contributed by atoms with Crippen LogP contribution in [-0.2, 0) is 9.45 Å². The van der Waals surface area contributed by atoms with Crippen molar-refractivity contribution in [2.24, 2.45) is 0 Å². The summed E-state index contributed by atoms with van der Waals surface area (Å²) < 4.78 is 3.50. The van der Waals surface area contributed by atoms with Gasteiger partial charge in [-0.3, -0.25) is 4.79 Å². The van der Waals surface area contributed by atoms with Gasteiger partial charge in [-0.25, -0.2) is 0 Å². The third-order valence-corrected chi connectivity index (χ3v) is 18.0. The van der Waals surface area contributed by atoms with Gasteiger partial charge in [-0.1, -0.05) is 146 Å². The highest BCUT2D eigenvalue weighted by atomic mass is 31.2. The number of hydrogen-bond acceptors (Lipinski definition) is 4. The third-order valence-electron chi connectivity index (χ3n) is 9.41. The zero-order valence-corrected chi connectivity index (χ0v) is 33.5. The molecule has 0 aromatic heterocycles. The Bertz CT molecular complexity index is 1870. The number of carbonyl (C=O) groups excluding carboxylic acids is 1. The molecule has 4 nitrogen and oxygen atoms in total. The van der Waals surface area contributed by atoms with Crippen LogP contribution >= 0.6 is 14.5 Å². The van der Waals surface area contributed by atoms with Crippen LogP contribution in [0.1, 0.15) is 6.92 Å². The predicted octanol–water partition coefficient (Wildman–Crippen LogP) is 5.87. The summed E-state index contributed by atoms with van der Waals surface area (Å²) in [6.07, 6.45) is 0. The van der Waals surface area contributed by atoms with Crippen LogP contribution < -0.4 is 52.5 Å². The first-order valence-corrected chi connectivity index (χ1v) is 22.3. The molecule has 57 heavy (non-hydrogen) atoms. The Morgan fingerprint density at radius 2 is 0.474 bits per heavy atom. The first kappa shape index (κ1) is 40.7. The van der Waals surface area contributed by atoms with Gasteiger partial charge < -0.3 is 14.7 Å². The van der Waals surface area contributed by atoms with Crippen LogP contribution in [0.5, 0.6) is 0 Å². The van der Waals surface area contributed by atoms with E-state index in [1.165, 1.54) is 42.4 Å². The zero-order valence-electron chi connectivity index (χ0n) is 31.7. The zero-order chi connectivity index (χ0) is 39.8. The van der Waals surface area contributed by atoms with Gasteiger partial charge in [0.25, 0.3) is 5.97 Å². The molecule has 0 fully saturated rings. The van der Waals surface area contributed by atoms with Gasteiger partial charge in [0.15, 0.2) is 0 Å². The molecule has 0 unspecified atom stereocenters. The molecular formula is C50H43BO4P2. The summed E-state index contributed by atoms with van der Waals surface area (Å²) in [5.41, 5.74) is 0. The summed E-state index contributed by atoms with van der Waals surface area (Å²) in [5, 5.41) is 29.8. The van der Waals surface area contributed by atoms with Crippen molar-refractivity contribution in [1.82, 2.24) is 0 Å². The van der Waals surface area contributed by atoms with Gasteiger partial charge >= 0.3 is 0 Å². The van der Waals surface area contributed by atoms with Crippen molar-refractivity contribution < 1.29 is 19.5 Å². The summed E-state index contributed by atoms with van der Waals surface area (Å²) >= 11 is 0. The monoisotopic (exact) mass is 780 g/mol. The summed E-state index contributed by atoms with van der Waals surface area (Å²) in [7, 11) is -6.29. The lowest BCUT2D eigenvalue weighted by Gasteiger charge is -2.27. The highest BCUT2D eigenvalue weighted by Gasteiger charge is 2.48. The molecule has 0 atom stereocenters. The fraction of sp³-hybridized carbons (Fsp3) is 0.0200. The molecular weight excluding hydrogens is 737 g/mol. The molecule has 0 aliphatic rings. The Balaban J connectivity index is 0.000000166. The third kappa shape index (κ3) is 9.55. The van der Waals surface area contributed by atoms with Gasteiger partial charge in [-0.15, -0.1) is 0 Å². The number of benzene rings is 8. The highest BCUT2D eigenvalue weighted by Crippen LogP contribution is 2.55. The molecule has 0 heterocycles. The second-order valence-corrected chi connectivity index (χ2v) is 19.7. The Labute approximate surface area is 338 Å². The summed E-state index contributed by atoms with van der Waals surface area (Å²) in [4.78, 5) is 9.63. The molecule has 8 rings (SSSR count). The van der Waals surface area contributed by atoms with Crippen molar-refractivity contribution in [2.45, 2.75) is 6.92 Å². The van der Waals surface area contributed by atoms with Crippen molar-refractivity contribution >= 4 is 70.3 Å². The van der Waals surface area contributed by atoms with Gasteiger partial charge in [-0.2, -0.15) is 0 Å². The molecule has 8 aromatic rings. The van der Waals surface area contributed by atoms with Crippen molar-refractivity contribution in [2.75, 3.05) is 0 Å². The van der Waals surface area contributed by atoms with Crippen molar-refractivity contribution in [3.8, 4) is 0 Å². The van der Waals surface area contributed by atoms with E-state index in [0.717, 1.165) is 6.92 Å². The molecule has 280 valence electrons. The van der Waals surface area contributed by atoms with Crippen LogP contribution in [-0.4, -0.2) is 13.3 Å². The minimum absolute atomic E-state index is 0.838. The van der Waals surface area contributed by atoms with Crippen molar-refractivity contribution in [1.29, 1.82) is 0 Å². The second kappa shape index (κ2) is 20.3. The fourth-order valence-corrected chi connectivity index (χ4v) is 15.7. The Kier molecular flexibility index (Phi) is 14.5. The average Bonchev–Trinajstić information content (AvgIpc) is 3.27. The van der Waals surface area contributed by atoms with Crippen LogP contribution in [0.2, 0.25) is 0 Å². The minimum atomic E-state index is -2.47. The maximum Gasteiger partial charge on any atom is 0.281 e. The van der Waals surface area contributed by atoms with Gasteiger partial charge in [0, 0.05) is 6.92 Å². The normalized spacial score (nSPS) is 10.8. The molecule has 8 aromatic carbocycles. The van der Waals surface area contributed by atoms with E-state index in [4.69, 9.17) is 0 Å². The Morgan fingerprint density at radius 1 is 0.333 bits per heavy atom. The lowest BCUT2D eigenvalue weighted by atomic mass is 10.3. The topological polar surface area (TPSA) is 72.4 Å². The predicted molar refractivity (Wildman–Crippen MR) is 240 cm³/mol. The van der Waals surface area contributed by atoms with Crippen LogP contribution in [0.25, 0.3) is 0 Å². The molecule has 7 heteroatoms. The van der Waals surface area contributed by atoms with E-state index in [0.29, 0.717) is 0 Å². The number of hydrogen-bond donors (Lipinski definition) is 0. The molecule has 0 amide bonds. The van der Waals surface area contributed by atoms with E-state index in [9.17, 15) is 14.8 Å². The molecule has 0 radical (unpaired) electrons. The van der Waals surface area contributed by atoms with Crippen LogP contribution in [0.3, 0.4) is 0 Å². The van der Waals surface area contributed by atoms with Crippen LogP contribution in [0, 0.1) is 0 Å². The van der Waals surface area contributed by atoms with Gasteiger partial charge in [0.1, 0.15) is 64.3 Å². The maximum atomic E-state index is 9.63.